The quantitative estimate of drug-likeness (QED) is 0.594. The van der Waals surface area contributed by atoms with Gasteiger partial charge in [-0.25, -0.2) is 12.6 Å². The first kappa shape index (κ1) is 18.3. The summed E-state index contributed by atoms with van der Waals surface area (Å²) in [7, 11) is -4.07. The summed E-state index contributed by atoms with van der Waals surface area (Å²) >= 11 is 0. The van der Waals surface area contributed by atoms with Gasteiger partial charge in [0.15, 0.2) is 0 Å². The van der Waals surface area contributed by atoms with Crippen LogP contribution in [0.5, 0.6) is 0 Å². The van der Waals surface area contributed by atoms with E-state index in [1.165, 1.54) is 0 Å². The van der Waals surface area contributed by atoms with Gasteiger partial charge in [0, 0.05) is 6.04 Å². The van der Waals surface area contributed by atoms with Crippen molar-refractivity contribution in [3.63, 3.8) is 0 Å². The summed E-state index contributed by atoms with van der Waals surface area (Å²) in [6.07, 6.45) is 4.40. The minimum absolute atomic E-state index is 0.0132. The van der Waals surface area contributed by atoms with Gasteiger partial charge in [-0.1, -0.05) is 44.5 Å². The molecule has 4 nitrogen and oxygen atoms in total. The summed E-state index contributed by atoms with van der Waals surface area (Å²) in [6.45, 7) is 12.6. The minimum Gasteiger partial charge on any atom is -0.415 e. The van der Waals surface area contributed by atoms with E-state index in [-0.39, 0.29) is 23.0 Å². The summed E-state index contributed by atoms with van der Waals surface area (Å²) in [5.41, 5.74) is 1.14. The molecule has 0 N–H and O–H groups in total. The van der Waals surface area contributed by atoms with Crippen molar-refractivity contribution >= 4 is 17.1 Å². The second kappa shape index (κ2) is 5.70. The number of hydrogen-bond acceptors (Lipinski definition) is 3. The molecule has 0 aromatic heterocycles. The molecule has 2 saturated carbocycles. The van der Waals surface area contributed by atoms with Crippen LogP contribution in [0.15, 0.2) is 41.8 Å². The lowest BCUT2D eigenvalue weighted by Crippen LogP contribution is -2.48. The number of allylic oxidation sites excluding steroid dienone is 1. The molecule has 0 amide bonds. The van der Waals surface area contributed by atoms with E-state index in [0.717, 1.165) is 18.4 Å². The van der Waals surface area contributed by atoms with Crippen LogP contribution in [-0.4, -0.2) is 31.8 Å². The summed E-state index contributed by atoms with van der Waals surface area (Å²) < 4.78 is 35.3. The Morgan fingerprint density at radius 3 is 2.58 bits per heavy atom. The normalized spacial score (nSPS) is 35.7. The number of nitrogens with zero attached hydrogens (tertiary/aromatic N) is 1. The number of fused-ring (bicyclic) bond motifs is 5. The van der Waals surface area contributed by atoms with Crippen LogP contribution in [0.4, 0.5) is 0 Å². The Morgan fingerprint density at radius 1 is 1.31 bits per heavy atom. The number of hydrogen-bond donors (Lipinski definition) is 0. The molecule has 1 saturated heterocycles. The SMILES string of the molecule is C=CCB1O[C@@H]2[C@@H]([C@H]3CC[C@]2(C)C3(C)C)N1S(=O)(=O)c1ccc(C)cc1. The Kier molecular flexibility index (Phi) is 4.00. The first-order valence-electron chi connectivity index (χ1n) is 9.51. The lowest BCUT2D eigenvalue weighted by atomic mass is 9.69. The van der Waals surface area contributed by atoms with Crippen LogP contribution in [0.3, 0.4) is 0 Å². The van der Waals surface area contributed by atoms with E-state index in [2.05, 4.69) is 27.4 Å². The highest BCUT2D eigenvalue weighted by molar-refractivity contribution is 7.90. The fourth-order valence-corrected chi connectivity index (χ4v) is 7.41. The van der Waals surface area contributed by atoms with Gasteiger partial charge in [0.05, 0.1) is 11.0 Å². The van der Waals surface area contributed by atoms with E-state index < -0.39 is 17.1 Å². The Morgan fingerprint density at radius 2 is 1.96 bits per heavy atom. The third kappa shape index (κ3) is 2.18. The van der Waals surface area contributed by atoms with Crippen LogP contribution >= 0.6 is 0 Å². The topological polar surface area (TPSA) is 46.6 Å². The van der Waals surface area contributed by atoms with Gasteiger partial charge in [-0.2, -0.15) is 0 Å². The van der Waals surface area contributed by atoms with Crippen molar-refractivity contribution in [2.24, 2.45) is 16.7 Å². The second-order valence-electron chi connectivity index (χ2n) is 8.96. The zero-order valence-corrected chi connectivity index (χ0v) is 16.9. The van der Waals surface area contributed by atoms with Crippen LogP contribution in [-0.2, 0) is 14.7 Å². The minimum atomic E-state index is -3.62. The van der Waals surface area contributed by atoms with Crippen molar-refractivity contribution in [2.45, 2.75) is 63.9 Å². The van der Waals surface area contributed by atoms with Gasteiger partial charge in [0.25, 0.3) is 0 Å². The molecule has 1 aromatic rings. The molecule has 0 unspecified atom stereocenters. The van der Waals surface area contributed by atoms with Gasteiger partial charge in [-0.05, 0) is 55.0 Å². The molecule has 1 heterocycles. The van der Waals surface area contributed by atoms with Crippen molar-refractivity contribution in [2.75, 3.05) is 0 Å². The number of sulfonamides is 1. The van der Waals surface area contributed by atoms with Crippen LogP contribution < -0.4 is 0 Å². The zero-order valence-electron chi connectivity index (χ0n) is 16.1. The Balaban J connectivity index is 1.81. The van der Waals surface area contributed by atoms with E-state index in [1.807, 2.05) is 19.1 Å². The number of benzene rings is 1. The van der Waals surface area contributed by atoms with Crippen LogP contribution in [0.1, 0.15) is 39.2 Å². The lowest BCUT2D eigenvalue weighted by Gasteiger charge is -2.38. The molecule has 1 aliphatic heterocycles. The summed E-state index contributed by atoms with van der Waals surface area (Å²) in [6, 6.07) is 7.05. The third-order valence-corrected chi connectivity index (χ3v) is 9.47. The maximum atomic E-state index is 13.6. The van der Waals surface area contributed by atoms with E-state index in [0.29, 0.717) is 17.1 Å². The summed E-state index contributed by atoms with van der Waals surface area (Å²) in [5.74, 6) is 0.326. The molecule has 26 heavy (non-hydrogen) atoms. The Bertz CT molecular complexity index is 835. The van der Waals surface area contributed by atoms with E-state index in [1.54, 1.807) is 22.4 Å². The van der Waals surface area contributed by atoms with Gasteiger partial charge in [-0.15, -0.1) is 6.58 Å². The van der Waals surface area contributed by atoms with Crippen LogP contribution in [0.25, 0.3) is 0 Å². The number of rotatable bonds is 4. The van der Waals surface area contributed by atoms with Gasteiger partial charge >= 0.3 is 7.05 Å². The van der Waals surface area contributed by atoms with E-state index in [9.17, 15) is 8.42 Å². The molecule has 0 spiro atoms. The highest BCUT2D eigenvalue weighted by Crippen LogP contribution is 2.69. The third-order valence-electron chi connectivity index (χ3n) is 7.57. The molecule has 2 bridgehead atoms. The smallest absolute Gasteiger partial charge is 0.401 e. The monoisotopic (exact) mass is 373 g/mol. The Labute approximate surface area is 157 Å². The van der Waals surface area contributed by atoms with Crippen molar-refractivity contribution in [3.05, 3.63) is 42.5 Å². The second-order valence-corrected chi connectivity index (χ2v) is 10.8. The molecule has 3 fully saturated rings. The summed E-state index contributed by atoms with van der Waals surface area (Å²) in [4.78, 5) is 0.354. The first-order valence-corrected chi connectivity index (χ1v) is 10.9. The molecule has 2 aliphatic carbocycles. The van der Waals surface area contributed by atoms with Gasteiger partial charge in [0.1, 0.15) is 0 Å². The van der Waals surface area contributed by atoms with Crippen LogP contribution in [0.2, 0.25) is 6.32 Å². The van der Waals surface area contributed by atoms with Crippen molar-refractivity contribution in [3.8, 4) is 0 Å². The predicted octanol–water partition coefficient (Wildman–Crippen LogP) is 3.88. The largest absolute Gasteiger partial charge is 0.415 e. The van der Waals surface area contributed by atoms with Crippen molar-refractivity contribution < 1.29 is 13.1 Å². The van der Waals surface area contributed by atoms with Gasteiger partial charge < -0.3 is 4.65 Å². The maximum Gasteiger partial charge on any atom is 0.401 e. The molecular weight excluding hydrogens is 345 g/mol. The van der Waals surface area contributed by atoms with Crippen molar-refractivity contribution in [1.29, 1.82) is 0 Å². The number of aryl methyl sites for hydroxylation is 1. The fraction of sp³-hybridized carbons (Fsp3) is 0.600. The standard InChI is InChI=1S/C20H28BNO3S/c1-6-13-21-22(26(23,24)15-9-7-14(2)8-10-15)17-16-11-12-20(5,18(17)25-21)19(16,3)4/h6-10,16-18H,1,11-13H2,2-5H3/t16-,17-,18-,20+/m1/s1. The molecule has 140 valence electrons. The summed E-state index contributed by atoms with van der Waals surface area (Å²) in [5, 5.41) is 0. The molecule has 6 heteroatoms. The zero-order chi connectivity index (χ0) is 18.9. The highest BCUT2D eigenvalue weighted by Gasteiger charge is 2.72. The maximum absolute atomic E-state index is 13.6. The average Bonchev–Trinajstić information content (AvgIpc) is 3.10. The lowest BCUT2D eigenvalue weighted by molar-refractivity contribution is 0.0352. The Hall–Kier alpha value is -1.11. The first-order chi connectivity index (χ1) is 12.1. The van der Waals surface area contributed by atoms with Crippen molar-refractivity contribution in [1.82, 2.24) is 4.22 Å². The fourth-order valence-electron chi connectivity index (χ4n) is 5.67. The highest BCUT2D eigenvalue weighted by atomic mass is 32.2. The molecule has 4 rings (SSSR count). The van der Waals surface area contributed by atoms with Crippen LogP contribution in [0, 0.1) is 23.7 Å². The van der Waals surface area contributed by atoms with E-state index >= 15 is 0 Å². The van der Waals surface area contributed by atoms with Gasteiger partial charge in [0.2, 0.25) is 10.0 Å². The molecule has 4 atom stereocenters. The average molecular weight is 373 g/mol. The van der Waals surface area contributed by atoms with Gasteiger partial charge in [-0.3, -0.25) is 0 Å². The molecular formula is C20H28BNO3S. The molecule has 3 aliphatic rings. The van der Waals surface area contributed by atoms with E-state index in [4.69, 9.17) is 4.65 Å². The predicted molar refractivity (Wildman–Crippen MR) is 104 cm³/mol. The molecule has 1 aromatic carbocycles. The molecule has 0 radical (unpaired) electrons.